The molecule has 59 heavy (non-hydrogen) atoms. The number of carboxylic acid groups (broad SMARTS) is 1. The van der Waals surface area contributed by atoms with E-state index in [4.69, 9.17) is 28.3 Å². The summed E-state index contributed by atoms with van der Waals surface area (Å²) in [6, 6.07) is 52.7. The number of hydrogen-bond acceptors (Lipinski definition) is 6. The first-order valence-electron chi connectivity index (χ1n) is 17.8. The van der Waals surface area contributed by atoms with Gasteiger partial charge in [-0.15, -0.1) is 35.3 Å². The summed E-state index contributed by atoms with van der Waals surface area (Å²) in [5.41, 5.74) is 3.58. The lowest BCUT2D eigenvalue weighted by Crippen LogP contribution is -2.14. The van der Waals surface area contributed by atoms with E-state index in [0.717, 1.165) is 29.2 Å². The molecule has 6 nitrogen and oxygen atoms in total. The molecule has 2 amide bonds. The Morgan fingerprint density at radius 3 is 1.42 bits per heavy atom. The van der Waals surface area contributed by atoms with Gasteiger partial charge in [0.15, 0.2) is 0 Å². The lowest BCUT2D eigenvalue weighted by Gasteiger charge is -2.12. The summed E-state index contributed by atoms with van der Waals surface area (Å²) >= 11 is 23.2. The Morgan fingerprint density at radius 1 is 0.475 bits per heavy atom. The summed E-state index contributed by atoms with van der Waals surface area (Å²) in [4.78, 5) is 37.6. The van der Waals surface area contributed by atoms with Crippen molar-refractivity contribution in [3.8, 4) is 11.1 Å². The second-order valence-electron chi connectivity index (χ2n) is 12.2. The molecule has 7 aromatic rings. The van der Waals surface area contributed by atoms with E-state index < -0.39 is 5.97 Å². The zero-order chi connectivity index (χ0) is 42.0. The first-order chi connectivity index (χ1) is 28.6. The van der Waals surface area contributed by atoms with Gasteiger partial charge >= 0.3 is 5.97 Å². The highest BCUT2D eigenvalue weighted by Gasteiger charge is 2.12. The number of carboxylic acids is 1. The zero-order valence-electron chi connectivity index (χ0n) is 31.1. The molecule has 0 aliphatic rings. The third-order valence-corrected chi connectivity index (χ3v) is 13.8. The molecule has 7 aromatic carbocycles. The van der Waals surface area contributed by atoms with Crippen LogP contribution in [0.25, 0.3) is 21.9 Å². The maximum Gasteiger partial charge on any atom is 0.313 e. The van der Waals surface area contributed by atoms with Crippen LogP contribution < -0.4 is 10.6 Å². The molecular weight excluding hydrogens is 971 g/mol. The van der Waals surface area contributed by atoms with Crippen LogP contribution in [0.15, 0.2) is 187 Å². The molecule has 0 aromatic heterocycles. The molecule has 0 saturated carbocycles. The topological polar surface area (TPSA) is 95.5 Å². The molecule has 0 saturated heterocycles. The quantitative estimate of drug-likeness (QED) is 0.105. The van der Waals surface area contributed by atoms with Crippen LogP contribution in [0.3, 0.4) is 0 Å². The van der Waals surface area contributed by atoms with Crippen molar-refractivity contribution < 1.29 is 19.5 Å². The summed E-state index contributed by atoms with van der Waals surface area (Å²) < 4.78 is 1.93. The Morgan fingerprint density at radius 2 is 0.881 bits per heavy atom. The van der Waals surface area contributed by atoms with Crippen LogP contribution in [0.4, 0.5) is 11.4 Å². The van der Waals surface area contributed by atoms with Crippen LogP contribution in [0.1, 0.15) is 0 Å². The van der Waals surface area contributed by atoms with Gasteiger partial charge in [-0.3, -0.25) is 14.4 Å². The standard InChI is InChI=1S/C24H18ClNOS.C14H11BrClNOS.C8H7BrO2S/c25-21-13-4-5-14-22(21)26-24(27)16-28-23-15-6-3-11-20(23)19-12-7-9-17-8-1-2-10-18(17)19;15-10-5-1-4-8-13(10)19-9-14(18)17-12-7-3-2-6-11(12)16;9-6-3-1-2-4-7(6)12-5-8(10)11/h1-15H,16H2,(H,26,27);1-8H,9H2,(H,17,18);1-4H,5H2,(H,10,11). The predicted octanol–water partition coefficient (Wildman–Crippen LogP) is 14.4. The molecule has 0 atom stereocenters. The number of anilines is 2. The Hall–Kier alpha value is -4.20. The largest absolute Gasteiger partial charge is 0.481 e. The van der Waals surface area contributed by atoms with E-state index >= 15 is 0 Å². The lowest BCUT2D eigenvalue weighted by atomic mass is 9.98. The number of aliphatic carboxylic acids is 1. The van der Waals surface area contributed by atoms with E-state index in [0.29, 0.717) is 32.9 Å². The predicted molar refractivity (Wildman–Crippen MR) is 258 cm³/mol. The third kappa shape index (κ3) is 14.8. The van der Waals surface area contributed by atoms with Gasteiger partial charge in [0, 0.05) is 23.6 Å². The fraction of sp³-hybridized carbons (Fsp3) is 0.0652. The van der Waals surface area contributed by atoms with Crippen LogP contribution in [0.5, 0.6) is 0 Å². The Balaban J connectivity index is 0.000000184. The molecule has 300 valence electrons. The molecule has 0 bridgehead atoms. The number of rotatable bonds is 12. The van der Waals surface area contributed by atoms with Gasteiger partial charge in [0.25, 0.3) is 0 Å². The first-order valence-corrected chi connectivity index (χ1v) is 23.1. The van der Waals surface area contributed by atoms with Gasteiger partial charge in [-0.05, 0) is 108 Å². The maximum atomic E-state index is 12.4. The highest BCUT2D eigenvalue weighted by Crippen LogP contribution is 2.36. The van der Waals surface area contributed by atoms with E-state index in [9.17, 15) is 14.4 Å². The fourth-order valence-corrected chi connectivity index (χ4v) is 9.21. The second kappa shape index (κ2) is 24.2. The molecule has 3 N–H and O–H groups in total. The monoisotopic (exact) mass is 1000 g/mol. The average Bonchev–Trinajstić information content (AvgIpc) is 3.24. The number of benzene rings is 7. The van der Waals surface area contributed by atoms with Crippen LogP contribution in [-0.2, 0) is 14.4 Å². The molecule has 0 aliphatic carbocycles. The molecular formula is C46H36Br2Cl2N2O4S3. The van der Waals surface area contributed by atoms with Gasteiger partial charge in [0.05, 0.1) is 38.7 Å². The van der Waals surface area contributed by atoms with Crippen LogP contribution in [0.2, 0.25) is 10.0 Å². The number of thioether (sulfide) groups is 3. The van der Waals surface area contributed by atoms with E-state index in [1.807, 2.05) is 91.0 Å². The van der Waals surface area contributed by atoms with Gasteiger partial charge in [-0.25, -0.2) is 0 Å². The summed E-state index contributed by atoms with van der Waals surface area (Å²) in [6.07, 6.45) is 0. The minimum atomic E-state index is -0.796. The number of para-hydroxylation sites is 2. The van der Waals surface area contributed by atoms with E-state index in [2.05, 4.69) is 91.0 Å². The van der Waals surface area contributed by atoms with Crippen LogP contribution in [-0.4, -0.2) is 40.1 Å². The smallest absolute Gasteiger partial charge is 0.313 e. The van der Waals surface area contributed by atoms with Crippen LogP contribution >= 0.6 is 90.3 Å². The number of carbonyl (C=O) groups is 3. The minimum absolute atomic E-state index is 0.0751. The van der Waals surface area contributed by atoms with Crippen molar-refractivity contribution in [1.29, 1.82) is 0 Å². The summed E-state index contributed by atoms with van der Waals surface area (Å²) in [5.74, 6) is -0.195. The highest BCUT2D eigenvalue weighted by molar-refractivity contribution is 9.10. The maximum absolute atomic E-state index is 12.4. The molecule has 7 rings (SSSR count). The summed E-state index contributed by atoms with van der Waals surface area (Å²) in [5, 5.41) is 17.6. The number of nitrogens with one attached hydrogen (secondary N) is 2. The van der Waals surface area contributed by atoms with Gasteiger partial charge < -0.3 is 15.7 Å². The molecule has 0 spiro atoms. The molecule has 0 radical (unpaired) electrons. The Bertz CT molecular complexity index is 2520. The van der Waals surface area contributed by atoms with Gasteiger partial charge in [0.2, 0.25) is 11.8 Å². The van der Waals surface area contributed by atoms with Crippen molar-refractivity contribution in [2.75, 3.05) is 27.9 Å². The van der Waals surface area contributed by atoms with Gasteiger partial charge in [-0.2, -0.15) is 0 Å². The SMILES string of the molecule is O=C(CSc1ccccc1-c1cccc2ccccc12)Nc1ccccc1Cl.O=C(CSc1ccccc1Br)Nc1ccccc1Cl.O=C(O)CSc1ccccc1Br. The van der Waals surface area contributed by atoms with Crippen molar-refractivity contribution >= 4 is 130 Å². The normalized spacial score (nSPS) is 10.4. The van der Waals surface area contributed by atoms with Crippen molar-refractivity contribution in [1.82, 2.24) is 0 Å². The Kier molecular flexibility index (Phi) is 18.8. The lowest BCUT2D eigenvalue weighted by molar-refractivity contribution is -0.134. The van der Waals surface area contributed by atoms with E-state index in [1.54, 1.807) is 24.3 Å². The fourth-order valence-electron chi connectivity index (χ4n) is 5.32. The molecule has 0 heterocycles. The number of halogens is 4. The Labute approximate surface area is 383 Å². The molecule has 0 aliphatic heterocycles. The molecule has 0 unspecified atom stereocenters. The van der Waals surface area contributed by atoms with E-state index in [1.165, 1.54) is 51.6 Å². The molecule has 0 fully saturated rings. The number of carbonyl (C=O) groups excluding carboxylic acids is 2. The van der Waals surface area contributed by atoms with Crippen molar-refractivity contribution in [2.24, 2.45) is 0 Å². The average molecular weight is 1010 g/mol. The van der Waals surface area contributed by atoms with Crippen molar-refractivity contribution in [3.63, 3.8) is 0 Å². The molecule has 13 heteroatoms. The first kappa shape index (κ1) is 45.9. The third-order valence-electron chi connectivity index (χ3n) is 8.00. The number of fused-ring (bicyclic) bond motifs is 1. The number of amides is 2. The summed E-state index contributed by atoms with van der Waals surface area (Å²) in [7, 11) is 0. The highest BCUT2D eigenvalue weighted by atomic mass is 79.9. The van der Waals surface area contributed by atoms with Gasteiger partial charge in [-0.1, -0.05) is 132 Å². The number of hydrogen-bond donors (Lipinski definition) is 3. The van der Waals surface area contributed by atoms with Crippen molar-refractivity contribution in [3.05, 3.63) is 183 Å². The minimum Gasteiger partial charge on any atom is -0.481 e. The zero-order valence-corrected chi connectivity index (χ0v) is 38.3. The van der Waals surface area contributed by atoms with Crippen LogP contribution in [0, 0.1) is 0 Å². The second-order valence-corrected chi connectivity index (χ2v) is 17.8. The van der Waals surface area contributed by atoms with E-state index in [-0.39, 0.29) is 17.6 Å². The van der Waals surface area contributed by atoms with Crippen molar-refractivity contribution in [2.45, 2.75) is 14.7 Å². The summed E-state index contributed by atoms with van der Waals surface area (Å²) in [6.45, 7) is 0. The van der Waals surface area contributed by atoms with Gasteiger partial charge in [0.1, 0.15) is 0 Å².